The molecule has 0 N–H and O–H groups in total. The van der Waals surface area contributed by atoms with E-state index in [4.69, 9.17) is 11.6 Å². The summed E-state index contributed by atoms with van der Waals surface area (Å²) < 4.78 is 14.7. The van der Waals surface area contributed by atoms with Gasteiger partial charge in [-0.2, -0.15) is 0 Å². The minimum atomic E-state index is -0.168. The van der Waals surface area contributed by atoms with Gasteiger partial charge in [0.1, 0.15) is 5.82 Å². The monoisotopic (exact) mass is 246 g/mol. The van der Waals surface area contributed by atoms with Crippen molar-refractivity contribution < 1.29 is 4.39 Å². The third-order valence-electron chi connectivity index (χ3n) is 2.07. The highest BCUT2D eigenvalue weighted by Crippen LogP contribution is 2.35. The van der Waals surface area contributed by atoms with E-state index in [1.165, 1.54) is 17.8 Å². The fourth-order valence-electron chi connectivity index (χ4n) is 1.46. The summed E-state index contributed by atoms with van der Waals surface area (Å²) in [5.41, 5.74) is 0.881. The first-order chi connectivity index (χ1) is 6.77. The molecule has 0 aliphatic carbocycles. The Morgan fingerprint density at radius 2 is 2.36 bits per heavy atom. The molecule has 0 fully saturated rings. The Morgan fingerprint density at radius 1 is 1.57 bits per heavy atom. The predicted octanol–water partition coefficient (Wildman–Crippen LogP) is 4.50. The Bertz CT molecular complexity index is 464. The lowest BCUT2D eigenvalue weighted by Crippen LogP contribution is -1.86. The zero-order chi connectivity index (χ0) is 10.1. The van der Waals surface area contributed by atoms with Gasteiger partial charge in [0.05, 0.1) is 4.90 Å². The number of hydrogen-bond acceptors (Lipinski definition) is 2. The molecule has 1 heterocycles. The van der Waals surface area contributed by atoms with Gasteiger partial charge in [0.15, 0.2) is 0 Å². The van der Waals surface area contributed by atoms with E-state index in [2.05, 4.69) is 0 Å². The Morgan fingerprint density at radius 3 is 3.00 bits per heavy atom. The quantitative estimate of drug-likeness (QED) is 0.555. The second kappa shape index (κ2) is 4.09. The van der Waals surface area contributed by atoms with Crippen molar-refractivity contribution in [1.82, 2.24) is 0 Å². The highest BCUT2D eigenvalue weighted by atomic mass is 35.5. The van der Waals surface area contributed by atoms with Crippen LogP contribution in [0.15, 0.2) is 22.4 Å². The maximum Gasteiger partial charge on any atom is 0.137 e. The largest absolute Gasteiger partial charge is 0.206 e. The van der Waals surface area contributed by atoms with Crippen molar-refractivity contribution in [2.45, 2.75) is 10.8 Å². The molecule has 0 radical (unpaired) electrons. The molecule has 2 rings (SSSR count). The first kappa shape index (κ1) is 10.3. The van der Waals surface area contributed by atoms with Gasteiger partial charge in [-0.05, 0) is 29.3 Å². The topological polar surface area (TPSA) is 0 Å². The molecule has 0 amide bonds. The number of alkyl halides is 1. The van der Waals surface area contributed by atoms with E-state index in [1.54, 1.807) is 11.3 Å². The number of rotatable bonds is 2. The van der Waals surface area contributed by atoms with Crippen LogP contribution in [0.5, 0.6) is 0 Å². The number of benzene rings is 1. The fourth-order valence-corrected chi connectivity index (χ4v) is 3.37. The minimum absolute atomic E-state index is 0.168. The van der Waals surface area contributed by atoms with E-state index in [1.807, 2.05) is 17.7 Å². The summed E-state index contributed by atoms with van der Waals surface area (Å²) in [6, 6.07) is 3.49. The summed E-state index contributed by atoms with van der Waals surface area (Å²) >= 11 is 8.81. The summed E-state index contributed by atoms with van der Waals surface area (Å²) in [6.45, 7) is 0. The van der Waals surface area contributed by atoms with Crippen LogP contribution in [0.1, 0.15) is 5.56 Å². The molecule has 14 heavy (non-hydrogen) atoms. The molecule has 2 aromatic rings. The first-order valence-corrected chi connectivity index (χ1v) is 6.70. The summed E-state index contributed by atoms with van der Waals surface area (Å²) in [7, 11) is 0. The fraction of sp³-hybridized carbons (Fsp3) is 0.200. The van der Waals surface area contributed by atoms with Crippen molar-refractivity contribution in [1.29, 1.82) is 0 Å². The van der Waals surface area contributed by atoms with Crippen LogP contribution in [-0.4, -0.2) is 6.26 Å². The molecule has 0 atom stereocenters. The van der Waals surface area contributed by atoms with Gasteiger partial charge >= 0.3 is 0 Å². The van der Waals surface area contributed by atoms with Gasteiger partial charge in [0.25, 0.3) is 0 Å². The number of halogens is 2. The third-order valence-corrected chi connectivity index (χ3v) is 4.17. The Hall–Kier alpha value is -0.250. The maximum absolute atomic E-state index is 13.6. The molecule has 0 aliphatic rings. The van der Waals surface area contributed by atoms with Crippen LogP contribution in [0.3, 0.4) is 0 Å². The van der Waals surface area contributed by atoms with Gasteiger partial charge in [-0.3, -0.25) is 0 Å². The van der Waals surface area contributed by atoms with Gasteiger partial charge in [-0.15, -0.1) is 34.7 Å². The smallest absolute Gasteiger partial charge is 0.137 e. The van der Waals surface area contributed by atoms with Gasteiger partial charge in [-0.25, -0.2) is 4.39 Å². The van der Waals surface area contributed by atoms with Crippen molar-refractivity contribution in [3.63, 3.8) is 0 Å². The SMILES string of the molecule is CSc1c(F)cc(CCl)c2sccc12. The average Bonchev–Trinajstić information content (AvgIpc) is 2.65. The van der Waals surface area contributed by atoms with Crippen LogP contribution in [-0.2, 0) is 5.88 Å². The number of fused-ring (bicyclic) bond motifs is 1. The van der Waals surface area contributed by atoms with Gasteiger partial charge in [-0.1, -0.05) is 0 Å². The lowest BCUT2D eigenvalue weighted by Gasteiger charge is -2.04. The van der Waals surface area contributed by atoms with Crippen molar-refractivity contribution >= 4 is 44.8 Å². The molecule has 0 saturated heterocycles. The zero-order valence-electron chi connectivity index (χ0n) is 7.51. The summed E-state index contributed by atoms with van der Waals surface area (Å²) in [4.78, 5) is 0.718. The van der Waals surface area contributed by atoms with Crippen molar-refractivity contribution in [2.24, 2.45) is 0 Å². The van der Waals surface area contributed by atoms with E-state index in [9.17, 15) is 4.39 Å². The molecule has 1 aromatic heterocycles. The highest BCUT2D eigenvalue weighted by Gasteiger charge is 2.11. The third kappa shape index (κ3) is 1.53. The molecule has 0 saturated carbocycles. The Labute approximate surface area is 95.1 Å². The molecule has 0 aliphatic heterocycles. The van der Waals surface area contributed by atoms with Crippen LogP contribution in [0, 0.1) is 5.82 Å². The van der Waals surface area contributed by atoms with Crippen molar-refractivity contribution in [2.75, 3.05) is 6.26 Å². The minimum Gasteiger partial charge on any atom is -0.206 e. The number of hydrogen-bond donors (Lipinski definition) is 0. The van der Waals surface area contributed by atoms with Crippen LogP contribution in [0.25, 0.3) is 10.1 Å². The number of thiophene rings is 1. The van der Waals surface area contributed by atoms with Gasteiger partial charge in [0, 0.05) is 16.0 Å². The lowest BCUT2D eigenvalue weighted by atomic mass is 10.2. The Balaban J connectivity index is 2.81. The Kier molecular flexibility index (Phi) is 3.00. The van der Waals surface area contributed by atoms with Crippen LogP contribution in [0.4, 0.5) is 4.39 Å². The maximum atomic E-state index is 13.6. The van der Waals surface area contributed by atoms with E-state index < -0.39 is 0 Å². The van der Waals surface area contributed by atoms with Crippen molar-refractivity contribution in [3.8, 4) is 0 Å². The van der Waals surface area contributed by atoms with E-state index in [0.717, 1.165) is 20.5 Å². The van der Waals surface area contributed by atoms with E-state index in [0.29, 0.717) is 5.88 Å². The van der Waals surface area contributed by atoms with Crippen molar-refractivity contribution in [3.05, 3.63) is 28.9 Å². The predicted molar refractivity (Wildman–Crippen MR) is 63.1 cm³/mol. The van der Waals surface area contributed by atoms with E-state index in [-0.39, 0.29) is 5.82 Å². The normalized spacial score (nSPS) is 11.1. The standard InChI is InChI=1S/C10H8ClFS2/c1-13-10-7-2-3-14-9(7)6(5-11)4-8(10)12/h2-4H,5H2,1H3. The summed E-state index contributed by atoms with van der Waals surface area (Å²) in [5, 5.41) is 2.96. The molecule has 0 spiro atoms. The molecule has 0 bridgehead atoms. The van der Waals surface area contributed by atoms with Crippen LogP contribution < -0.4 is 0 Å². The number of thioether (sulfide) groups is 1. The molecule has 4 heteroatoms. The molecule has 0 unspecified atom stereocenters. The first-order valence-electron chi connectivity index (χ1n) is 4.06. The van der Waals surface area contributed by atoms with Crippen LogP contribution in [0.2, 0.25) is 0 Å². The van der Waals surface area contributed by atoms with Gasteiger partial charge in [0.2, 0.25) is 0 Å². The highest BCUT2D eigenvalue weighted by molar-refractivity contribution is 7.98. The lowest BCUT2D eigenvalue weighted by molar-refractivity contribution is 0.605. The average molecular weight is 247 g/mol. The van der Waals surface area contributed by atoms with E-state index >= 15 is 0 Å². The molecule has 74 valence electrons. The second-order valence-corrected chi connectivity index (χ2v) is 4.85. The summed E-state index contributed by atoms with van der Waals surface area (Å²) in [6.07, 6.45) is 1.88. The second-order valence-electron chi connectivity index (χ2n) is 2.85. The summed E-state index contributed by atoms with van der Waals surface area (Å²) in [5.74, 6) is 0.196. The van der Waals surface area contributed by atoms with Gasteiger partial charge < -0.3 is 0 Å². The molecule has 0 nitrogen and oxygen atoms in total. The molecular formula is C10H8ClFS2. The zero-order valence-corrected chi connectivity index (χ0v) is 9.90. The molecular weight excluding hydrogens is 239 g/mol. The molecule has 1 aromatic carbocycles. The van der Waals surface area contributed by atoms with Crippen LogP contribution >= 0.6 is 34.7 Å².